The second-order valence-electron chi connectivity index (χ2n) is 8.30. The van der Waals surface area contributed by atoms with Gasteiger partial charge in [0.25, 0.3) is 0 Å². The molecule has 3 rings (SSSR count). The first-order chi connectivity index (χ1) is 15.3. The number of methoxy groups -OCH3 is 2. The summed E-state index contributed by atoms with van der Waals surface area (Å²) in [5, 5.41) is 2.94. The van der Waals surface area contributed by atoms with Gasteiger partial charge in [-0.3, -0.25) is 4.79 Å². The fourth-order valence-corrected chi connectivity index (χ4v) is 5.66. The maximum Gasteiger partial charge on any atom is 0.246 e. The summed E-state index contributed by atoms with van der Waals surface area (Å²) in [6.07, 6.45) is 1.27. The van der Waals surface area contributed by atoms with Crippen LogP contribution in [0.1, 0.15) is 43.7 Å². The molecule has 1 N–H and O–H groups in total. The van der Waals surface area contributed by atoms with Gasteiger partial charge in [0.2, 0.25) is 15.9 Å². The predicted molar refractivity (Wildman–Crippen MR) is 123 cm³/mol. The molecule has 1 fully saturated rings. The Balaban J connectivity index is 1.75. The Hall–Kier alpha value is -2.58. The van der Waals surface area contributed by atoms with E-state index in [4.69, 9.17) is 9.47 Å². The van der Waals surface area contributed by atoms with E-state index in [2.05, 4.69) is 5.32 Å². The van der Waals surface area contributed by atoms with Crippen LogP contribution in [0, 0.1) is 5.92 Å². The molecule has 0 unspecified atom stereocenters. The molecule has 1 saturated heterocycles. The van der Waals surface area contributed by atoms with Crippen LogP contribution in [0.25, 0.3) is 0 Å². The number of carbonyl (C=O) groups is 1. The Labute approximate surface area is 190 Å². The molecule has 7 nitrogen and oxygen atoms in total. The molecule has 0 saturated carbocycles. The minimum Gasteiger partial charge on any atom is -0.496 e. The van der Waals surface area contributed by atoms with E-state index in [0.29, 0.717) is 37.4 Å². The molecule has 1 atom stereocenters. The van der Waals surface area contributed by atoms with Crippen LogP contribution in [0.2, 0.25) is 0 Å². The van der Waals surface area contributed by atoms with Crippen molar-refractivity contribution in [2.75, 3.05) is 27.3 Å². The van der Waals surface area contributed by atoms with Crippen LogP contribution in [0.4, 0.5) is 0 Å². The lowest BCUT2D eigenvalue weighted by Gasteiger charge is -2.31. The number of nitrogens with one attached hydrogen (secondary N) is 1. The van der Waals surface area contributed by atoms with Gasteiger partial charge in [-0.15, -0.1) is 0 Å². The average molecular weight is 461 g/mol. The highest BCUT2D eigenvalue weighted by Gasteiger charge is 2.35. The number of ether oxygens (including phenoxy) is 2. The monoisotopic (exact) mass is 460 g/mol. The number of rotatable bonds is 8. The lowest BCUT2D eigenvalue weighted by molar-refractivity contribution is -0.126. The van der Waals surface area contributed by atoms with Gasteiger partial charge in [0, 0.05) is 25.2 Å². The molecule has 174 valence electrons. The zero-order chi connectivity index (χ0) is 23.3. The van der Waals surface area contributed by atoms with Crippen LogP contribution >= 0.6 is 0 Å². The third-order valence-electron chi connectivity index (χ3n) is 5.87. The zero-order valence-electron chi connectivity index (χ0n) is 19.1. The van der Waals surface area contributed by atoms with Crippen molar-refractivity contribution in [3.63, 3.8) is 0 Å². The van der Waals surface area contributed by atoms with Crippen LogP contribution in [0.3, 0.4) is 0 Å². The molecule has 0 aliphatic carbocycles. The standard InChI is InChI=1S/C24H32N2O5S/c1-17(2)18-11-12-22(31-4)23(14-18)32(28,29)26-13-7-9-20(16-26)24(27)25-15-19-8-5-6-10-21(19)30-3/h5-6,8,10-12,14,17,20H,7,9,13,15-16H2,1-4H3,(H,25,27)/t20-/m0/s1. The smallest absolute Gasteiger partial charge is 0.246 e. The maximum atomic E-state index is 13.5. The fourth-order valence-electron chi connectivity index (χ4n) is 3.94. The molecule has 1 aliphatic rings. The Morgan fingerprint density at radius 3 is 2.53 bits per heavy atom. The number of para-hydroxylation sites is 1. The van der Waals surface area contributed by atoms with E-state index in [9.17, 15) is 13.2 Å². The summed E-state index contributed by atoms with van der Waals surface area (Å²) in [4.78, 5) is 13.0. The molecule has 2 aromatic carbocycles. The maximum absolute atomic E-state index is 13.5. The number of sulfonamides is 1. The van der Waals surface area contributed by atoms with Crippen LogP contribution in [-0.2, 0) is 21.4 Å². The van der Waals surface area contributed by atoms with E-state index in [-0.39, 0.29) is 23.3 Å². The van der Waals surface area contributed by atoms with Gasteiger partial charge >= 0.3 is 0 Å². The van der Waals surface area contributed by atoms with Crippen molar-refractivity contribution in [3.8, 4) is 11.5 Å². The van der Waals surface area contributed by atoms with Gasteiger partial charge in [0.15, 0.2) is 0 Å². The third-order valence-corrected chi connectivity index (χ3v) is 7.76. The second kappa shape index (κ2) is 10.4. The van der Waals surface area contributed by atoms with E-state index >= 15 is 0 Å². The van der Waals surface area contributed by atoms with Crippen molar-refractivity contribution in [3.05, 3.63) is 53.6 Å². The number of hydrogen-bond donors (Lipinski definition) is 1. The second-order valence-corrected chi connectivity index (χ2v) is 10.2. The van der Waals surface area contributed by atoms with E-state index in [1.807, 2.05) is 44.2 Å². The Morgan fingerprint density at radius 2 is 1.84 bits per heavy atom. The number of carbonyl (C=O) groups excluding carboxylic acids is 1. The SMILES string of the molecule is COc1ccccc1CNC(=O)[C@H]1CCCN(S(=O)(=O)c2cc(C(C)C)ccc2OC)C1. The van der Waals surface area contributed by atoms with Crippen LogP contribution in [-0.4, -0.2) is 45.9 Å². The summed E-state index contributed by atoms with van der Waals surface area (Å²) in [5.74, 6) is 0.644. The van der Waals surface area contributed by atoms with Crippen molar-refractivity contribution in [2.45, 2.75) is 44.0 Å². The topological polar surface area (TPSA) is 84.9 Å². The lowest BCUT2D eigenvalue weighted by Crippen LogP contribution is -2.45. The van der Waals surface area contributed by atoms with Crippen molar-refractivity contribution in [1.82, 2.24) is 9.62 Å². The normalized spacial score (nSPS) is 17.2. The molecule has 1 amide bonds. The molecule has 32 heavy (non-hydrogen) atoms. The number of hydrogen-bond acceptors (Lipinski definition) is 5. The van der Waals surface area contributed by atoms with Gasteiger partial charge in [0.05, 0.1) is 20.1 Å². The van der Waals surface area contributed by atoms with E-state index in [0.717, 1.165) is 11.1 Å². The highest BCUT2D eigenvalue weighted by atomic mass is 32.2. The summed E-state index contributed by atoms with van der Waals surface area (Å²) in [7, 11) is -0.740. The quantitative estimate of drug-likeness (QED) is 0.651. The summed E-state index contributed by atoms with van der Waals surface area (Å²) in [6.45, 7) is 4.89. The van der Waals surface area contributed by atoms with Gasteiger partial charge in [-0.25, -0.2) is 8.42 Å². The minimum atomic E-state index is -3.80. The first kappa shape index (κ1) is 24.1. The number of nitrogens with zero attached hydrogens (tertiary/aromatic N) is 1. The minimum absolute atomic E-state index is 0.148. The van der Waals surface area contributed by atoms with Gasteiger partial charge in [-0.1, -0.05) is 38.1 Å². The van der Waals surface area contributed by atoms with Crippen LogP contribution in [0.15, 0.2) is 47.4 Å². The van der Waals surface area contributed by atoms with Crippen molar-refractivity contribution >= 4 is 15.9 Å². The summed E-state index contributed by atoms with van der Waals surface area (Å²) >= 11 is 0. The molecular formula is C24H32N2O5S. The Bertz CT molecular complexity index is 1050. The predicted octanol–water partition coefficient (Wildman–Crippen LogP) is 3.54. The number of benzene rings is 2. The molecule has 1 aliphatic heterocycles. The summed E-state index contributed by atoms with van der Waals surface area (Å²) in [5.41, 5.74) is 1.80. The van der Waals surface area contributed by atoms with E-state index < -0.39 is 15.9 Å². The molecule has 2 aromatic rings. The lowest BCUT2D eigenvalue weighted by atomic mass is 9.98. The van der Waals surface area contributed by atoms with E-state index in [1.54, 1.807) is 19.2 Å². The van der Waals surface area contributed by atoms with Crippen molar-refractivity contribution < 1.29 is 22.7 Å². The first-order valence-electron chi connectivity index (χ1n) is 10.9. The number of piperidine rings is 1. The molecule has 0 aromatic heterocycles. The molecule has 0 spiro atoms. The zero-order valence-corrected chi connectivity index (χ0v) is 19.9. The fraction of sp³-hybridized carbons (Fsp3) is 0.458. The largest absolute Gasteiger partial charge is 0.496 e. The van der Waals surface area contributed by atoms with Crippen molar-refractivity contribution in [1.29, 1.82) is 0 Å². The first-order valence-corrected chi connectivity index (χ1v) is 12.3. The number of amides is 1. The molecule has 0 radical (unpaired) electrons. The highest BCUT2D eigenvalue weighted by Crippen LogP contribution is 2.32. The van der Waals surface area contributed by atoms with Gasteiger partial charge < -0.3 is 14.8 Å². The molecular weight excluding hydrogens is 428 g/mol. The van der Waals surface area contributed by atoms with E-state index in [1.165, 1.54) is 11.4 Å². The van der Waals surface area contributed by atoms with Gasteiger partial charge in [0.1, 0.15) is 16.4 Å². The Kier molecular flexibility index (Phi) is 7.79. The molecule has 8 heteroatoms. The Morgan fingerprint density at radius 1 is 1.12 bits per heavy atom. The molecule has 1 heterocycles. The molecule has 0 bridgehead atoms. The highest BCUT2D eigenvalue weighted by molar-refractivity contribution is 7.89. The van der Waals surface area contributed by atoms with Gasteiger partial charge in [-0.2, -0.15) is 4.31 Å². The van der Waals surface area contributed by atoms with Crippen LogP contribution in [0.5, 0.6) is 11.5 Å². The average Bonchev–Trinajstić information content (AvgIpc) is 2.82. The van der Waals surface area contributed by atoms with Crippen LogP contribution < -0.4 is 14.8 Å². The van der Waals surface area contributed by atoms with Gasteiger partial charge in [-0.05, 0) is 42.5 Å². The van der Waals surface area contributed by atoms with Crippen molar-refractivity contribution in [2.24, 2.45) is 5.92 Å². The summed E-state index contributed by atoms with van der Waals surface area (Å²) < 4.78 is 39.0. The third kappa shape index (κ3) is 5.24. The summed E-state index contributed by atoms with van der Waals surface area (Å²) in [6, 6.07) is 12.8.